The van der Waals surface area contributed by atoms with Crippen molar-refractivity contribution in [3.63, 3.8) is 0 Å². The van der Waals surface area contributed by atoms with Crippen molar-refractivity contribution < 1.29 is 4.39 Å². The van der Waals surface area contributed by atoms with Crippen LogP contribution in [0.4, 0.5) is 10.1 Å². The summed E-state index contributed by atoms with van der Waals surface area (Å²) in [6.07, 6.45) is 4.78. The van der Waals surface area contributed by atoms with Crippen LogP contribution in [0.5, 0.6) is 0 Å². The first kappa shape index (κ1) is 13.3. The fourth-order valence-electron chi connectivity index (χ4n) is 2.85. The molecule has 1 saturated carbocycles. The summed E-state index contributed by atoms with van der Waals surface area (Å²) >= 11 is 0. The van der Waals surface area contributed by atoms with Gasteiger partial charge in [-0.3, -0.25) is 0 Å². The maximum atomic E-state index is 13.8. The molecule has 0 bridgehead atoms. The zero-order chi connectivity index (χ0) is 13.0. The fourth-order valence-corrected chi connectivity index (χ4v) is 2.85. The van der Waals surface area contributed by atoms with Gasteiger partial charge < -0.3 is 10.6 Å². The highest BCUT2D eigenvalue weighted by molar-refractivity contribution is 5.47. The minimum absolute atomic E-state index is 0.135. The Morgan fingerprint density at radius 1 is 1.28 bits per heavy atom. The highest BCUT2D eigenvalue weighted by atomic mass is 19.1. The van der Waals surface area contributed by atoms with Gasteiger partial charge in [0.2, 0.25) is 0 Å². The number of halogens is 1. The Labute approximate surface area is 109 Å². The van der Waals surface area contributed by atoms with Crippen molar-refractivity contribution in [1.82, 2.24) is 0 Å². The summed E-state index contributed by atoms with van der Waals surface area (Å²) in [6, 6.07) is 7.28. The topological polar surface area (TPSA) is 29.3 Å². The van der Waals surface area contributed by atoms with E-state index in [1.807, 2.05) is 12.1 Å². The van der Waals surface area contributed by atoms with E-state index >= 15 is 0 Å². The first-order chi connectivity index (χ1) is 8.72. The van der Waals surface area contributed by atoms with E-state index in [4.69, 9.17) is 5.73 Å². The standard InChI is InChI=1S/C15H23FN2/c1-2-18(15-10-6-4-8-13(15)16)11-12-7-3-5-9-14(12)17/h4,6,8,10,12,14H,2-3,5,7,9,11,17H2,1H3. The quantitative estimate of drug-likeness (QED) is 0.889. The molecule has 1 aliphatic rings. The minimum Gasteiger partial charge on any atom is -0.369 e. The van der Waals surface area contributed by atoms with Crippen molar-refractivity contribution in [2.75, 3.05) is 18.0 Å². The number of hydrogen-bond acceptors (Lipinski definition) is 2. The smallest absolute Gasteiger partial charge is 0.146 e. The van der Waals surface area contributed by atoms with Crippen LogP contribution in [0, 0.1) is 11.7 Å². The molecule has 2 N–H and O–H groups in total. The van der Waals surface area contributed by atoms with Crippen LogP contribution < -0.4 is 10.6 Å². The number of para-hydroxylation sites is 1. The predicted molar refractivity (Wildman–Crippen MR) is 74.2 cm³/mol. The monoisotopic (exact) mass is 250 g/mol. The van der Waals surface area contributed by atoms with Crippen LogP contribution in [0.3, 0.4) is 0 Å². The third kappa shape index (κ3) is 3.02. The van der Waals surface area contributed by atoms with Gasteiger partial charge in [-0.2, -0.15) is 0 Å². The molecule has 0 aliphatic heterocycles. The lowest BCUT2D eigenvalue weighted by Crippen LogP contribution is -2.41. The highest BCUT2D eigenvalue weighted by Crippen LogP contribution is 2.26. The van der Waals surface area contributed by atoms with Crippen LogP contribution in [0.2, 0.25) is 0 Å². The minimum atomic E-state index is -0.135. The second-order valence-corrected chi connectivity index (χ2v) is 5.20. The van der Waals surface area contributed by atoms with Crippen LogP contribution in [0.15, 0.2) is 24.3 Å². The van der Waals surface area contributed by atoms with Crippen molar-refractivity contribution in [2.45, 2.75) is 38.6 Å². The van der Waals surface area contributed by atoms with E-state index in [9.17, 15) is 4.39 Å². The highest BCUT2D eigenvalue weighted by Gasteiger charge is 2.24. The van der Waals surface area contributed by atoms with Gasteiger partial charge in [-0.15, -0.1) is 0 Å². The molecule has 18 heavy (non-hydrogen) atoms. The van der Waals surface area contributed by atoms with Crippen molar-refractivity contribution in [1.29, 1.82) is 0 Å². The average molecular weight is 250 g/mol. The zero-order valence-corrected chi connectivity index (χ0v) is 11.1. The number of anilines is 1. The maximum absolute atomic E-state index is 13.8. The van der Waals surface area contributed by atoms with Gasteiger partial charge in [0.05, 0.1) is 5.69 Å². The third-order valence-corrected chi connectivity index (χ3v) is 4.00. The Bertz CT molecular complexity index is 381. The van der Waals surface area contributed by atoms with Crippen molar-refractivity contribution >= 4 is 5.69 Å². The van der Waals surface area contributed by atoms with E-state index in [0.717, 1.165) is 19.5 Å². The van der Waals surface area contributed by atoms with Crippen LogP contribution in [-0.4, -0.2) is 19.1 Å². The largest absolute Gasteiger partial charge is 0.369 e. The molecule has 1 fully saturated rings. The van der Waals surface area contributed by atoms with Crippen molar-refractivity contribution in [2.24, 2.45) is 11.7 Å². The SMILES string of the molecule is CCN(CC1CCCCC1N)c1ccccc1F. The Hall–Kier alpha value is -1.09. The van der Waals surface area contributed by atoms with E-state index in [1.165, 1.54) is 25.3 Å². The lowest BCUT2D eigenvalue weighted by atomic mass is 9.84. The van der Waals surface area contributed by atoms with Crippen molar-refractivity contribution in [3.8, 4) is 0 Å². The number of nitrogens with zero attached hydrogens (tertiary/aromatic N) is 1. The van der Waals surface area contributed by atoms with Crippen LogP contribution in [0.1, 0.15) is 32.6 Å². The van der Waals surface area contributed by atoms with E-state index in [-0.39, 0.29) is 11.9 Å². The van der Waals surface area contributed by atoms with Gasteiger partial charge in [-0.05, 0) is 37.8 Å². The molecule has 0 heterocycles. The van der Waals surface area contributed by atoms with E-state index in [1.54, 1.807) is 6.07 Å². The predicted octanol–water partition coefficient (Wildman–Crippen LogP) is 3.17. The lowest BCUT2D eigenvalue weighted by Gasteiger charge is -2.34. The fraction of sp³-hybridized carbons (Fsp3) is 0.600. The van der Waals surface area contributed by atoms with E-state index in [0.29, 0.717) is 11.6 Å². The third-order valence-electron chi connectivity index (χ3n) is 4.00. The number of nitrogens with two attached hydrogens (primary N) is 1. The summed E-state index contributed by atoms with van der Waals surface area (Å²) in [5.74, 6) is 0.363. The summed E-state index contributed by atoms with van der Waals surface area (Å²) in [4.78, 5) is 2.12. The molecule has 3 heteroatoms. The zero-order valence-electron chi connectivity index (χ0n) is 11.1. The second-order valence-electron chi connectivity index (χ2n) is 5.20. The van der Waals surface area contributed by atoms with Crippen LogP contribution >= 0.6 is 0 Å². The molecule has 0 spiro atoms. The van der Waals surface area contributed by atoms with Gasteiger partial charge in [-0.25, -0.2) is 4.39 Å². The lowest BCUT2D eigenvalue weighted by molar-refractivity contribution is 0.309. The summed E-state index contributed by atoms with van der Waals surface area (Å²) < 4.78 is 13.8. The van der Waals surface area contributed by atoms with E-state index < -0.39 is 0 Å². The molecule has 2 nitrogen and oxygen atoms in total. The number of rotatable bonds is 4. The average Bonchev–Trinajstić information content (AvgIpc) is 2.39. The Morgan fingerprint density at radius 3 is 2.67 bits per heavy atom. The molecule has 1 aromatic rings. The van der Waals surface area contributed by atoms with Crippen LogP contribution in [0.25, 0.3) is 0 Å². The van der Waals surface area contributed by atoms with Gasteiger partial charge in [0, 0.05) is 19.1 Å². The summed E-state index contributed by atoms with van der Waals surface area (Å²) in [5.41, 5.74) is 6.88. The summed E-state index contributed by atoms with van der Waals surface area (Å²) in [5, 5.41) is 0. The molecule has 1 aromatic carbocycles. The Morgan fingerprint density at radius 2 is 2.00 bits per heavy atom. The Kier molecular flexibility index (Phi) is 4.59. The van der Waals surface area contributed by atoms with Gasteiger partial charge in [0.15, 0.2) is 0 Å². The van der Waals surface area contributed by atoms with Crippen LogP contribution in [-0.2, 0) is 0 Å². The maximum Gasteiger partial charge on any atom is 0.146 e. The first-order valence-corrected chi connectivity index (χ1v) is 6.97. The van der Waals surface area contributed by atoms with E-state index in [2.05, 4.69) is 11.8 Å². The second kappa shape index (κ2) is 6.19. The first-order valence-electron chi connectivity index (χ1n) is 6.97. The summed E-state index contributed by atoms with van der Waals surface area (Å²) in [6.45, 7) is 3.77. The normalized spacial score (nSPS) is 23.9. The number of hydrogen-bond donors (Lipinski definition) is 1. The molecule has 0 amide bonds. The van der Waals surface area contributed by atoms with Gasteiger partial charge in [0.1, 0.15) is 5.82 Å². The molecule has 1 aliphatic carbocycles. The Balaban J connectivity index is 2.07. The van der Waals surface area contributed by atoms with Gasteiger partial charge in [-0.1, -0.05) is 25.0 Å². The molecule has 0 radical (unpaired) electrons. The van der Waals surface area contributed by atoms with Gasteiger partial charge in [0.25, 0.3) is 0 Å². The molecule has 100 valence electrons. The molecule has 0 saturated heterocycles. The molecule has 2 atom stereocenters. The molecular weight excluding hydrogens is 227 g/mol. The number of benzene rings is 1. The molecule has 0 aromatic heterocycles. The molecular formula is C15H23FN2. The summed E-state index contributed by atoms with van der Waals surface area (Å²) in [7, 11) is 0. The molecule has 2 unspecified atom stereocenters. The molecule has 2 rings (SSSR count). The van der Waals surface area contributed by atoms with Crippen molar-refractivity contribution in [3.05, 3.63) is 30.1 Å². The van der Waals surface area contributed by atoms with Gasteiger partial charge >= 0.3 is 0 Å².